The molecule has 4 nitrogen and oxygen atoms in total. The van der Waals surface area contributed by atoms with Crippen LogP contribution in [0.4, 0.5) is 4.39 Å². The van der Waals surface area contributed by atoms with E-state index >= 15 is 0 Å². The molecule has 1 rings (SSSR count). The summed E-state index contributed by atoms with van der Waals surface area (Å²) in [6, 6.07) is 3.36. The van der Waals surface area contributed by atoms with E-state index in [1.807, 2.05) is 6.07 Å². The van der Waals surface area contributed by atoms with E-state index < -0.39 is 17.6 Å². The van der Waals surface area contributed by atoms with Crippen molar-refractivity contribution >= 4 is 0 Å². The Morgan fingerprint density at radius 3 is 2.71 bits per heavy atom. The van der Waals surface area contributed by atoms with Crippen LogP contribution in [0.3, 0.4) is 0 Å². The lowest BCUT2D eigenvalue weighted by molar-refractivity contribution is 0.420. The van der Waals surface area contributed by atoms with Crippen LogP contribution in [0.2, 0.25) is 0 Å². The highest BCUT2D eigenvalue weighted by Crippen LogP contribution is 2.28. The zero-order chi connectivity index (χ0) is 10.7. The normalized spacial score (nSPS) is 12.1. The van der Waals surface area contributed by atoms with Gasteiger partial charge in [0.1, 0.15) is 0 Å². The predicted molar refractivity (Wildman–Crippen MR) is 48.8 cm³/mol. The lowest BCUT2D eigenvalue weighted by atomic mass is 10.0. The fourth-order valence-electron chi connectivity index (χ4n) is 1.17. The lowest BCUT2D eigenvalue weighted by Gasteiger charge is -2.13. The Labute approximate surface area is 80.6 Å². The smallest absolute Gasteiger partial charge is 0.165 e. The van der Waals surface area contributed by atoms with Gasteiger partial charge in [-0.2, -0.15) is 5.26 Å². The molecule has 0 aliphatic rings. The second kappa shape index (κ2) is 4.05. The number of phenols is 1. The first kappa shape index (κ1) is 10.4. The molecule has 0 aliphatic heterocycles. The van der Waals surface area contributed by atoms with Crippen LogP contribution in [0.15, 0.2) is 12.1 Å². The van der Waals surface area contributed by atoms with E-state index in [2.05, 4.69) is 0 Å². The summed E-state index contributed by atoms with van der Waals surface area (Å²) < 4.78 is 12.9. The Morgan fingerprint density at radius 1 is 1.57 bits per heavy atom. The molecular weight excluding hydrogens is 185 g/mol. The van der Waals surface area contributed by atoms with Gasteiger partial charge in [0.05, 0.1) is 11.6 Å². The average molecular weight is 195 g/mol. The molecule has 0 fully saturated rings. The molecule has 5 N–H and O–H groups in total. The van der Waals surface area contributed by atoms with Gasteiger partial charge in [-0.25, -0.2) is 4.39 Å². The first-order valence-corrected chi connectivity index (χ1v) is 3.99. The van der Waals surface area contributed by atoms with Crippen molar-refractivity contribution in [3.05, 3.63) is 29.1 Å². The molecule has 74 valence electrons. The Bertz CT molecular complexity index is 386. The molecule has 0 saturated carbocycles. The van der Waals surface area contributed by atoms with Crippen molar-refractivity contribution in [2.75, 3.05) is 6.54 Å². The van der Waals surface area contributed by atoms with Gasteiger partial charge in [-0.3, -0.25) is 0 Å². The SMILES string of the molecule is N#Cc1ccc(F)c(O)c1[C@H](N)CN. The number of nitrogens with two attached hydrogens (primary N) is 2. The molecule has 1 aromatic carbocycles. The van der Waals surface area contributed by atoms with Gasteiger partial charge in [0.25, 0.3) is 0 Å². The first-order valence-electron chi connectivity index (χ1n) is 3.99. The third-order valence-electron chi connectivity index (χ3n) is 1.91. The van der Waals surface area contributed by atoms with Crippen LogP contribution in [0.25, 0.3) is 0 Å². The number of hydrogen-bond donors (Lipinski definition) is 3. The molecule has 0 spiro atoms. The zero-order valence-corrected chi connectivity index (χ0v) is 7.37. The lowest BCUT2D eigenvalue weighted by Crippen LogP contribution is -2.22. The summed E-state index contributed by atoms with van der Waals surface area (Å²) in [6.07, 6.45) is 0. The minimum absolute atomic E-state index is 0.0334. The average Bonchev–Trinajstić information content (AvgIpc) is 2.20. The van der Waals surface area contributed by atoms with Crippen molar-refractivity contribution in [1.82, 2.24) is 0 Å². The van der Waals surface area contributed by atoms with Gasteiger partial charge in [-0.05, 0) is 12.1 Å². The number of halogens is 1. The van der Waals surface area contributed by atoms with Gasteiger partial charge in [0.2, 0.25) is 0 Å². The van der Waals surface area contributed by atoms with E-state index in [1.165, 1.54) is 6.07 Å². The van der Waals surface area contributed by atoms with Crippen LogP contribution in [-0.2, 0) is 0 Å². The maximum absolute atomic E-state index is 12.9. The molecule has 0 unspecified atom stereocenters. The van der Waals surface area contributed by atoms with Crippen LogP contribution in [0.5, 0.6) is 5.75 Å². The minimum Gasteiger partial charge on any atom is -0.505 e. The summed E-state index contributed by atoms with van der Waals surface area (Å²) in [5.74, 6) is -1.40. The van der Waals surface area contributed by atoms with Crippen LogP contribution in [-0.4, -0.2) is 11.7 Å². The predicted octanol–water partition coefficient (Wildman–Crippen LogP) is 0.361. The Balaban J connectivity index is 3.37. The molecule has 1 atom stereocenters. The number of nitrogens with zero attached hydrogens (tertiary/aromatic N) is 1. The van der Waals surface area contributed by atoms with Crippen LogP contribution in [0.1, 0.15) is 17.2 Å². The Hall–Kier alpha value is -1.64. The van der Waals surface area contributed by atoms with E-state index in [0.29, 0.717) is 0 Å². The van der Waals surface area contributed by atoms with E-state index in [-0.39, 0.29) is 17.7 Å². The number of phenolic OH excluding ortho intramolecular Hbond substituents is 1. The van der Waals surface area contributed by atoms with Gasteiger partial charge in [0.15, 0.2) is 11.6 Å². The fraction of sp³-hybridized carbons (Fsp3) is 0.222. The van der Waals surface area contributed by atoms with Gasteiger partial charge < -0.3 is 16.6 Å². The molecular formula is C9H10FN3O. The highest BCUT2D eigenvalue weighted by Gasteiger charge is 2.17. The highest BCUT2D eigenvalue weighted by atomic mass is 19.1. The van der Waals surface area contributed by atoms with Crippen molar-refractivity contribution in [2.45, 2.75) is 6.04 Å². The monoisotopic (exact) mass is 195 g/mol. The van der Waals surface area contributed by atoms with Crippen molar-refractivity contribution in [1.29, 1.82) is 5.26 Å². The summed E-state index contributed by atoms with van der Waals surface area (Å²) in [4.78, 5) is 0. The second-order valence-corrected chi connectivity index (χ2v) is 2.81. The first-order chi connectivity index (χ1) is 6.61. The molecule has 0 aromatic heterocycles. The standard InChI is InChI=1S/C9H10FN3O/c10-6-2-1-5(3-11)8(9(6)14)7(13)4-12/h1-2,7,14H,4,12-13H2/t7-/m1/s1. The summed E-state index contributed by atoms with van der Waals surface area (Å²) in [7, 11) is 0. The fourth-order valence-corrected chi connectivity index (χ4v) is 1.17. The topological polar surface area (TPSA) is 96.1 Å². The summed E-state index contributed by atoms with van der Waals surface area (Å²) in [5, 5.41) is 18.0. The van der Waals surface area contributed by atoms with E-state index in [9.17, 15) is 9.50 Å². The molecule has 0 amide bonds. The number of aromatic hydroxyl groups is 1. The van der Waals surface area contributed by atoms with E-state index in [4.69, 9.17) is 16.7 Å². The third-order valence-corrected chi connectivity index (χ3v) is 1.91. The molecule has 0 radical (unpaired) electrons. The van der Waals surface area contributed by atoms with Crippen molar-refractivity contribution < 1.29 is 9.50 Å². The van der Waals surface area contributed by atoms with Crippen LogP contribution < -0.4 is 11.5 Å². The molecule has 14 heavy (non-hydrogen) atoms. The maximum Gasteiger partial charge on any atom is 0.165 e. The zero-order valence-electron chi connectivity index (χ0n) is 7.37. The van der Waals surface area contributed by atoms with E-state index in [0.717, 1.165) is 6.07 Å². The van der Waals surface area contributed by atoms with Crippen LogP contribution >= 0.6 is 0 Å². The number of hydrogen-bond acceptors (Lipinski definition) is 4. The molecule has 1 aromatic rings. The van der Waals surface area contributed by atoms with Gasteiger partial charge >= 0.3 is 0 Å². The largest absolute Gasteiger partial charge is 0.505 e. The van der Waals surface area contributed by atoms with Crippen molar-refractivity contribution in [3.63, 3.8) is 0 Å². The molecule has 0 heterocycles. The summed E-state index contributed by atoms with van der Waals surface area (Å²) in [5.41, 5.74) is 11.0. The van der Waals surface area contributed by atoms with E-state index in [1.54, 1.807) is 0 Å². The maximum atomic E-state index is 12.9. The third kappa shape index (κ3) is 1.66. The highest BCUT2D eigenvalue weighted by molar-refractivity contribution is 5.48. The summed E-state index contributed by atoms with van der Waals surface area (Å²) >= 11 is 0. The molecule has 0 bridgehead atoms. The van der Waals surface area contributed by atoms with Crippen LogP contribution in [0, 0.1) is 17.1 Å². The van der Waals surface area contributed by atoms with Gasteiger partial charge in [0, 0.05) is 18.2 Å². The van der Waals surface area contributed by atoms with Gasteiger partial charge in [-0.15, -0.1) is 0 Å². The Morgan fingerprint density at radius 2 is 2.21 bits per heavy atom. The van der Waals surface area contributed by atoms with Gasteiger partial charge in [-0.1, -0.05) is 0 Å². The van der Waals surface area contributed by atoms with Crippen molar-refractivity contribution in [2.24, 2.45) is 11.5 Å². The minimum atomic E-state index is -0.803. The number of rotatable bonds is 2. The second-order valence-electron chi connectivity index (χ2n) is 2.81. The molecule has 0 saturated heterocycles. The summed E-state index contributed by atoms with van der Waals surface area (Å²) in [6.45, 7) is 0.0334. The van der Waals surface area contributed by atoms with Crippen molar-refractivity contribution in [3.8, 4) is 11.8 Å². The number of benzene rings is 1. The molecule has 5 heteroatoms. The quantitative estimate of drug-likeness (QED) is 0.634. The molecule has 0 aliphatic carbocycles. The number of nitriles is 1. The Kier molecular flexibility index (Phi) is 3.02.